The molecule has 4 rings (SSSR count). The standard InChI is InChI=1S/C21H19N3O3S/c1-4-16-19(13(3)15-7-5-6-8-17(15)23-16)20(26)27-10-14-9-18(25)24-12(2)11-28-21(24)22-14/h5-9,11H,4,10H2,1-3H3. The Bertz CT molecular complexity index is 1270. The molecular weight excluding hydrogens is 374 g/mol. The number of thiazole rings is 1. The second-order valence-corrected chi connectivity index (χ2v) is 7.42. The van der Waals surface area contributed by atoms with Crippen molar-refractivity contribution in [1.82, 2.24) is 14.4 Å². The van der Waals surface area contributed by atoms with Crippen LogP contribution in [-0.2, 0) is 17.8 Å². The third-order valence-corrected chi connectivity index (χ3v) is 5.69. The Hall–Kier alpha value is -3.06. The summed E-state index contributed by atoms with van der Waals surface area (Å²) in [5.74, 6) is -0.447. The fraction of sp³-hybridized carbons (Fsp3) is 0.238. The summed E-state index contributed by atoms with van der Waals surface area (Å²) in [5.41, 5.74) is 4.01. The molecule has 1 aromatic carbocycles. The maximum absolute atomic E-state index is 12.8. The molecule has 0 aliphatic rings. The van der Waals surface area contributed by atoms with Gasteiger partial charge in [-0.05, 0) is 31.9 Å². The summed E-state index contributed by atoms with van der Waals surface area (Å²) in [7, 11) is 0. The zero-order chi connectivity index (χ0) is 19.8. The zero-order valence-corrected chi connectivity index (χ0v) is 16.7. The van der Waals surface area contributed by atoms with Gasteiger partial charge in [-0.1, -0.05) is 25.1 Å². The predicted octanol–water partition coefficient (Wildman–Crippen LogP) is 3.84. The highest BCUT2D eigenvalue weighted by molar-refractivity contribution is 7.15. The Morgan fingerprint density at radius 2 is 2.00 bits per heavy atom. The Kier molecular flexibility index (Phi) is 4.68. The topological polar surface area (TPSA) is 73.6 Å². The first-order valence-electron chi connectivity index (χ1n) is 9.01. The summed E-state index contributed by atoms with van der Waals surface area (Å²) in [6.07, 6.45) is 0.621. The average Bonchev–Trinajstić information content (AvgIpc) is 3.07. The van der Waals surface area contributed by atoms with Crippen LogP contribution in [0.2, 0.25) is 0 Å². The third-order valence-electron chi connectivity index (χ3n) is 4.75. The van der Waals surface area contributed by atoms with Crippen LogP contribution in [0, 0.1) is 13.8 Å². The van der Waals surface area contributed by atoms with E-state index in [0.717, 1.165) is 22.2 Å². The van der Waals surface area contributed by atoms with E-state index >= 15 is 0 Å². The van der Waals surface area contributed by atoms with E-state index in [-0.39, 0.29) is 12.2 Å². The van der Waals surface area contributed by atoms with Crippen LogP contribution in [0.5, 0.6) is 0 Å². The summed E-state index contributed by atoms with van der Waals surface area (Å²) < 4.78 is 7.06. The van der Waals surface area contributed by atoms with Gasteiger partial charge in [-0.15, -0.1) is 11.3 Å². The normalized spacial score (nSPS) is 11.2. The highest BCUT2D eigenvalue weighted by Crippen LogP contribution is 2.24. The molecule has 28 heavy (non-hydrogen) atoms. The minimum Gasteiger partial charge on any atom is -0.456 e. The fourth-order valence-corrected chi connectivity index (χ4v) is 4.24. The molecule has 142 valence electrons. The Morgan fingerprint density at radius 3 is 2.79 bits per heavy atom. The minimum absolute atomic E-state index is 0.0586. The minimum atomic E-state index is -0.447. The van der Waals surface area contributed by atoms with Crippen molar-refractivity contribution < 1.29 is 9.53 Å². The number of hydrogen-bond donors (Lipinski definition) is 0. The number of esters is 1. The number of aryl methyl sites for hydroxylation is 3. The maximum Gasteiger partial charge on any atom is 0.340 e. The SMILES string of the molecule is CCc1nc2ccccc2c(C)c1C(=O)OCc1cc(=O)n2c(C)csc2n1. The van der Waals surface area contributed by atoms with Gasteiger partial charge in [0.15, 0.2) is 4.96 Å². The van der Waals surface area contributed by atoms with Crippen molar-refractivity contribution in [3.05, 3.63) is 74.3 Å². The van der Waals surface area contributed by atoms with Crippen molar-refractivity contribution in [2.45, 2.75) is 33.8 Å². The lowest BCUT2D eigenvalue weighted by Gasteiger charge is -2.13. The number of hydrogen-bond acceptors (Lipinski definition) is 6. The van der Waals surface area contributed by atoms with Gasteiger partial charge >= 0.3 is 5.97 Å². The molecule has 0 aliphatic heterocycles. The number of nitrogens with zero attached hydrogens (tertiary/aromatic N) is 3. The van der Waals surface area contributed by atoms with E-state index in [9.17, 15) is 9.59 Å². The highest BCUT2D eigenvalue weighted by Gasteiger charge is 2.19. The third kappa shape index (κ3) is 3.07. The van der Waals surface area contributed by atoms with Crippen LogP contribution in [0.15, 0.2) is 40.5 Å². The number of benzene rings is 1. The lowest BCUT2D eigenvalue weighted by atomic mass is 10.0. The van der Waals surface area contributed by atoms with Gasteiger partial charge in [-0.2, -0.15) is 0 Å². The average molecular weight is 393 g/mol. The maximum atomic E-state index is 12.8. The molecule has 3 heterocycles. The number of ether oxygens (including phenoxy) is 1. The molecule has 0 unspecified atom stereocenters. The van der Waals surface area contributed by atoms with E-state index < -0.39 is 5.97 Å². The van der Waals surface area contributed by atoms with Crippen LogP contribution in [0.25, 0.3) is 15.9 Å². The number of aromatic nitrogens is 3. The lowest BCUT2D eigenvalue weighted by Crippen LogP contribution is -2.17. The van der Waals surface area contributed by atoms with Crippen molar-refractivity contribution in [3.8, 4) is 0 Å². The molecule has 0 amide bonds. The van der Waals surface area contributed by atoms with E-state index in [2.05, 4.69) is 9.97 Å². The molecule has 0 fully saturated rings. The van der Waals surface area contributed by atoms with Gasteiger partial charge in [-0.25, -0.2) is 9.78 Å². The first-order chi connectivity index (χ1) is 13.5. The molecule has 0 saturated heterocycles. The van der Waals surface area contributed by atoms with Crippen molar-refractivity contribution in [2.75, 3.05) is 0 Å². The van der Waals surface area contributed by atoms with Crippen LogP contribution in [0.4, 0.5) is 0 Å². The first-order valence-corrected chi connectivity index (χ1v) is 9.89. The number of rotatable bonds is 4. The number of para-hydroxylation sites is 1. The predicted molar refractivity (Wildman–Crippen MR) is 109 cm³/mol. The van der Waals surface area contributed by atoms with Gasteiger partial charge in [0, 0.05) is 22.5 Å². The summed E-state index contributed by atoms with van der Waals surface area (Å²) in [6.45, 7) is 5.67. The summed E-state index contributed by atoms with van der Waals surface area (Å²) in [4.78, 5) is 34.8. The Labute approximate surface area is 165 Å². The molecular formula is C21H19N3O3S. The van der Waals surface area contributed by atoms with Crippen LogP contribution >= 0.6 is 11.3 Å². The quantitative estimate of drug-likeness (QED) is 0.493. The summed E-state index contributed by atoms with van der Waals surface area (Å²) in [6, 6.07) is 9.15. The molecule has 6 nitrogen and oxygen atoms in total. The number of carbonyl (C=O) groups is 1. The van der Waals surface area contributed by atoms with Crippen molar-refractivity contribution >= 4 is 33.2 Å². The van der Waals surface area contributed by atoms with E-state index in [1.165, 1.54) is 17.4 Å². The molecule has 0 atom stereocenters. The van der Waals surface area contributed by atoms with Crippen LogP contribution in [-0.4, -0.2) is 20.3 Å². The van der Waals surface area contributed by atoms with Crippen molar-refractivity contribution in [2.24, 2.45) is 0 Å². The molecule has 0 saturated carbocycles. The molecule has 0 spiro atoms. The second-order valence-electron chi connectivity index (χ2n) is 6.59. The van der Waals surface area contributed by atoms with Crippen molar-refractivity contribution in [3.63, 3.8) is 0 Å². The second kappa shape index (κ2) is 7.16. The number of fused-ring (bicyclic) bond motifs is 2. The van der Waals surface area contributed by atoms with Gasteiger partial charge in [-0.3, -0.25) is 14.2 Å². The summed E-state index contributed by atoms with van der Waals surface area (Å²) in [5, 5.41) is 2.80. The molecule has 7 heteroatoms. The molecule has 3 aromatic heterocycles. The molecule has 0 bridgehead atoms. The number of carbonyl (C=O) groups excluding carboxylic acids is 1. The fourth-order valence-electron chi connectivity index (χ4n) is 3.35. The Balaban J connectivity index is 1.66. The Morgan fingerprint density at radius 1 is 1.21 bits per heavy atom. The number of pyridine rings is 1. The van der Waals surface area contributed by atoms with Gasteiger partial charge in [0.05, 0.1) is 22.5 Å². The molecule has 0 aliphatic carbocycles. The molecule has 0 radical (unpaired) electrons. The van der Waals surface area contributed by atoms with Crippen molar-refractivity contribution in [1.29, 1.82) is 0 Å². The van der Waals surface area contributed by atoms with E-state index in [1.807, 2.05) is 50.4 Å². The van der Waals surface area contributed by atoms with Gasteiger partial charge in [0.1, 0.15) is 6.61 Å². The van der Waals surface area contributed by atoms with Gasteiger partial charge in [0.25, 0.3) is 5.56 Å². The van der Waals surface area contributed by atoms with Crippen LogP contribution < -0.4 is 5.56 Å². The smallest absolute Gasteiger partial charge is 0.340 e. The highest BCUT2D eigenvalue weighted by atomic mass is 32.1. The van der Waals surface area contributed by atoms with Gasteiger partial charge < -0.3 is 4.74 Å². The molecule has 4 aromatic rings. The van der Waals surface area contributed by atoms with E-state index in [0.29, 0.717) is 28.3 Å². The molecule has 0 N–H and O–H groups in total. The van der Waals surface area contributed by atoms with E-state index in [1.54, 1.807) is 4.40 Å². The van der Waals surface area contributed by atoms with E-state index in [4.69, 9.17) is 4.74 Å². The van der Waals surface area contributed by atoms with Gasteiger partial charge in [0.2, 0.25) is 0 Å². The summed E-state index contributed by atoms with van der Waals surface area (Å²) >= 11 is 1.38. The first kappa shape index (κ1) is 18.3. The zero-order valence-electron chi connectivity index (χ0n) is 15.9. The monoisotopic (exact) mass is 393 g/mol. The largest absolute Gasteiger partial charge is 0.456 e. The van der Waals surface area contributed by atoms with Crippen LogP contribution in [0.1, 0.15) is 39.9 Å². The van der Waals surface area contributed by atoms with Crippen LogP contribution in [0.3, 0.4) is 0 Å². The lowest BCUT2D eigenvalue weighted by molar-refractivity contribution is 0.0465.